The summed E-state index contributed by atoms with van der Waals surface area (Å²) in [5, 5.41) is 6.45. The fourth-order valence-electron chi connectivity index (χ4n) is 2.78. The lowest BCUT2D eigenvalue weighted by atomic mass is 10.1. The van der Waals surface area contributed by atoms with Gasteiger partial charge in [0.05, 0.1) is 12.8 Å². The third-order valence-electron chi connectivity index (χ3n) is 4.11. The molecule has 0 unspecified atom stereocenters. The number of nitrogens with zero attached hydrogens (tertiary/aromatic N) is 2. The molecule has 1 aromatic heterocycles. The summed E-state index contributed by atoms with van der Waals surface area (Å²) in [7, 11) is 1.64. The first-order valence-electron chi connectivity index (χ1n) is 8.80. The van der Waals surface area contributed by atoms with E-state index in [-0.39, 0.29) is 5.82 Å². The van der Waals surface area contributed by atoms with Crippen LogP contribution in [0.1, 0.15) is 16.8 Å². The van der Waals surface area contributed by atoms with Gasteiger partial charge in [-0.15, -0.1) is 0 Å². The second-order valence-corrected chi connectivity index (χ2v) is 6.32. The highest BCUT2D eigenvalue weighted by Crippen LogP contribution is 2.28. The van der Waals surface area contributed by atoms with Crippen molar-refractivity contribution in [2.75, 3.05) is 24.3 Å². The van der Waals surface area contributed by atoms with E-state index in [0.29, 0.717) is 30.3 Å². The zero-order valence-electron chi connectivity index (χ0n) is 15.7. The Morgan fingerprint density at radius 3 is 2.63 bits per heavy atom. The Hall–Kier alpha value is -3.15. The van der Waals surface area contributed by atoms with E-state index in [4.69, 9.17) is 4.74 Å². The molecule has 0 fully saturated rings. The number of hydrogen-bond acceptors (Lipinski definition) is 5. The number of aryl methyl sites for hydroxylation is 2. The fraction of sp³-hybridized carbons (Fsp3) is 0.238. The molecule has 0 saturated heterocycles. The second-order valence-electron chi connectivity index (χ2n) is 6.32. The highest BCUT2D eigenvalue weighted by atomic mass is 19.1. The van der Waals surface area contributed by atoms with Crippen LogP contribution in [0.25, 0.3) is 0 Å². The molecule has 0 saturated carbocycles. The molecule has 0 aliphatic heterocycles. The summed E-state index contributed by atoms with van der Waals surface area (Å²) in [4.78, 5) is 8.91. The van der Waals surface area contributed by atoms with Crippen LogP contribution in [0.5, 0.6) is 5.75 Å². The van der Waals surface area contributed by atoms with E-state index >= 15 is 0 Å². The van der Waals surface area contributed by atoms with E-state index in [1.807, 2.05) is 44.2 Å². The van der Waals surface area contributed by atoms with E-state index < -0.39 is 0 Å². The van der Waals surface area contributed by atoms with Crippen molar-refractivity contribution in [3.63, 3.8) is 0 Å². The first-order chi connectivity index (χ1) is 13.0. The Bertz CT molecular complexity index is 930. The zero-order chi connectivity index (χ0) is 19.2. The molecule has 140 valence electrons. The molecule has 0 radical (unpaired) electrons. The van der Waals surface area contributed by atoms with E-state index in [2.05, 4.69) is 20.6 Å². The van der Waals surface area contributed by atoms with E-state index in [1.165, 1.54) is 6.07 Å². The first kappa shape index (κ1) is 18.6. The number of aromatic nitrogens is 2. The fourth-order valence-corrected chi connectivity index (χ4v) is 2.78. The topological polar surface area (TPSA) is 59.1 Å². The van der Waals surface area contributed by atoms with Crippen molar-refractivity contribution in [2.24, 2.45) is 0 Å². The van der Waals surface area contributed by atoms with Crippen molar-refractivity contribution < 1.29 is 9.13 Å². The summed E-state index contributed by atoms with van der Waals surface area (Å²) in [6.45, 7) is 4.46. The molecule has 2 aromatic carbocycles. The van der Waals surface area contributed by atoms with Crippen LogP contribution in [-0.4, -0.2) is 23.6 Å². The van der Waals surface area contributed by atoms with Gasteiger partial charge in [-0.1, -0.05) is 24.3 Å². The Morgan fingerprint density at radius 2 is 1.85 bits per heavy atom. The maximum atomic E-state index is 13.7. The Kier molecular flexibility index (Phi) is 5.86. The number of benzene rings is 2. The summed E-state index contributed by atoms with van der Waals surface area (Å²) in [6.07, 6.45) is 0.554. The number of methoxy groups -OCH3 is 1. The van der Waals surface area contributed by atoms with Gasteiger partial charge in [0, 0.05) is 18.3 Å². The molecular weight excluding hydrogens is 343 g/mol. The van der Waals surface area contributed by atoms with Crippen LogP contribution >= 0.6 is 0 Å². The maximum Gasteiger partial charge on any atom is 0.224 e. The smallest absolute Gasteiger partial charge is 0.224 e. The molecule has 0 bridgehead atoms. The summed E-state index contributed by atoms with van der Waals surface area (Å²) in [5.74, 6) is 1.71. The van der Waals surface area contributed by atoms with Crippen molar-refractivity contribution in [1.82, 2.24) is 9.97 Å². The minimum Gasteiger partial charge on any atom is -0.495 e. The van der Waals surface area contributed by atoms with Gasteiger partial charge in [0.1, 0.15) is 17.4 Å². The molecule has 0 spiro atoms. The van der Waals surface area contributed by atoms with Crippen molar-refractivity contribution in [1.29, 1.82) is 0 Å². The third kappa shape index (κ3) is 4.94. The van der Waals surface area contributed by atoms with Gasteiger partial charge in [-0.05, 0) is 49.6 Å². The summed E-state index contributed by atoms with van der Waals surface area (Å²) < 4.78 is 19.1. The molecule has 1 heterocycles. The average Bonchev–Trinajstić information content (AvgIpc) is 2.63. The summed E-state index contributed by atoms with van der Waals surface area (Å²) in [5.41, 5.74) is 3.45. The highest BCUT2D eigenvalue weighted by Gasteiger charge is 2.08. The van der Waals surface area contributed by atoms with Gasteiger partial charge < -0.3 is 15.4 Å². The number of halogens is 1. The SMILES string of the molecule is COc1ccc(C)cc1Nc1cc(C)nc(NCCc2ccccc2F)n1. The zero-order valence-corrected chi connectivity index (χ0v) is 15.7. The third-order valence-corrected chi connectivity index (χ3v) is 4.11. The minimum absolute atomic E-state index is 0.196. The van der Waals surface area contributed by atoms with Crippen LogP contribution in [-0.2, 0) is 6.42 Å². The molecule has 0 atom stereocenters. The Balaban J connectivity index is 1.71. The lowest BCUT2D eigenvalue weighted by molar-refractivity contribution is 0.416. The number of ether oxygens (including phenoxy) is 1. The van der Waals surface area contributed by atoms with Gasteiger partial charge in [0.15, 0.2) is 0 Å². The van der Waals surface area contributed by atoms with Gasteiger partial charge >= 0.3 is 0 Å². The van der Waals surface area contributed by atoms with Gasteiger partial charge in [-0.3, -0.25) is 0 Å². The van der Waals surface area contributed by atoms with Crippen molar-refractivity contribution in [3.05, 3.63) is 71.2 Å². The quantitative estimate of drug-likeness (QED) is 0.638. The molecule has 6 heteroatoms. The molecule has 27 heavy (non-hydrogen) atoms. The van der Waals surface area contributed by atoms with Crippen LogP contribution in [0.2, 0.25) is 0 Å². The summed E-state index contributed by atoms with van der Waals surface area (Å²) in [6, 6.07) is 14.5. The van der Waals surface area contributed by atoms with Crippen molar-refractivity contribution in [2.45, 2.75) is 20.3 Å². The standard InChI is InChI=1S/C21H23FN4O/c1-14-8-9-19(27-3)18(12-14)25-20-13-15(2)24-21(26-20)23-11-10-16-6-4-5-7-17(16)22/h4-9,12-13H,10-11H2,1-3H3,(H2,23,24,25,26). The van der Waals surface area contributed by atoms with Crippen molar-refractivity contribution >= 4 is 17.5 Å². The van der Waals surface area contributed by atoms with Gasteiger partial charge in [-0.2, -0.15) is 4.98 Å². The van der Waals surface area contributed by atoms with Crippen LogP contribution < -0.4 is 15.4 Å². The highest BCUT2D eigenvalue weighted by molar-refractivity contribution is 5.65. The van der Waals surface area contributed by atoms with E-state index in [0.717, 1.165) is 22.7 Å². The lowest BCUT2D eigenvalue weighted by Crippen LogP contribution is -2.10. The maximum absolute atomic E-state index is 13.7. The van der Waals surface area contributed by atoms with E-state index in [1.54, 1.807) is 19.2 Å². The largest absolute Gasteiger partial charge is 0.495 e. The predicted molar refractivity (Wildman–Crippen MR) is 106 cm³/mol. The Labute approximate surface area is 158 Å². The molecule has 0 aliphatic carbocycles. The first-order valence-corrected chi connectivity index (χ1v) is 8.80. The monoisotopic (exact) mass is 366 g/mol. The Morgan fingerprint density at radius 1 is 1.04 bits per heavy atom. The number of nitrogens with one attached hydrogen (secondary N) is 2. The van der Waals surface area contributed by atoms with Crippen LogP contribution in [0.15, 0.2) is 48.5 Å². The average molecular weight is 366 g/mol. The van der Waals surface area contributed by atoms with Crippen molar-refractivity contribution in [3.8, 4) is 5.75 Å². The number of rotatable bonds is 7. The van der Waals surface area contributed by atoms with Crippen LogP contribution in [0.3, 0.4) is 0 Å². The lowest BCUT2D eigenvalue weighted by Gasteiger charge is -2.13. The molecule has 3 aromatic rings. The molecule has 5 nitrogen and oxygen atoms in total. The number of hydrogen-bond donors (Lipinski definition) is 2. The van der Waals surface area contributed by atoms with Gasteiger partial charge in [0.25, 0.3) is 0 Å². The second kappa shape index (κ2) is 8.49. The van der Waals surface area contributed by atoms with Gasteiger partial charge in [0.2, 0.25) is 5.95 Å². The van der Waals surface area contributed by atoms with Crippen LogP contribution in [0.4, 0.5) is 21.8 Å². The molecule has 0 aliphatic rings. The van der Waals surface area contributed by atoms with E-state index in [9.17, 15) is 4.39 Å². The molecule has 0 amide bonds. The van der Waals surface area contributed by atoms with Crippen LogP contribution in [0, 0.1) is 19.7 Å². The minimum atomic E-state index is -0.196. The predicted octanol–water partition coefficient (Wildman–Crippen LogP) is 4.64. The molecule has 2 N–H and O–H groups in total. The normalized spacial score (nSPS) is 10.5. The molecular formula is C21H23FN4O. The number of anilines is 3. The molecule has 3 rings (SSSR count). The van der Waals surface area contributed by atoms with Gasteiger partial charge in [-0.25, -0.2) is 9.37 Å². The summed E-state index contributed by atoms with van der Waals surface area (Å²) >= 11 is 0.